The quantitative estimate of drug-likeness (QED) is 0.656. The van der Waals surface area contributed by atoms with E-state index in [9.17, 15) is 8.42 Å². The minimum absolute atomic E-state index is 0.213. The molecule has 0 unspecified atom stereocenters. The highest BCUT2D eigenvalue weighted by Gasteiger charge is 2.10. The molecule has 2 rings (SSSR count). The molecule has 0 radical (unpaired) electrons. The maximum atomic E-state index is 11.0. The van der Waals surface area contributed by atoms with Gasteiger partial charge in [0.05, 0.1) is 4.90 Å². The Morgan fingerprint density at radius 2 is 1.67 bits per heavy atom. The van der Waals surface area contributed by atoms with E-state index in [0.29, 0.717) is 17.2 Å². The summed E-state index contributed by atoms with van der Waals surface area (Å²) in [5, 5.41) is 0. The average Bonchev–Trinajstić information content (AvgIpc) is 2.31. The standard InChI is InChI=1S/C12H11NO4S/c13-9-4-6-10(7-5-9)17-11-2-1-3-12(8-11)18(14,15)16/h1-8H,13H2,(H,14,15,16). The predicted octanol–water partition coefficient (Wildman–Crippen LogP) is 2.31. The van der Waals surface area contributed by atoms with Gasteiger partial charge in [-0.3, -0.25) is 4.55 Å². The number of benzene rings is 2. The number of rotatable bonds is 3. The number of nitrogen functional groups attached to an aromatic ring is 1. The Kier molecular flexibility index (Phi) is 3.22. The van der Waals surface area contributed by atoms with Crippen LogP contribution in [0.4, 0.5) is 5.69 Å². The molecule has 0 aromatic heterocycles. The van der Waals surface area contributed by atoms with Crippen LogP contribution in [0.3, 0.4) is 0 Å². The molecular formula is C12H11NO4S. The van der Waals surface area contributed by atoms with E-state index in [1.807, 2.05) is 0 Å². The van der Waals surface area contributed by atoms with E-state index < -0.39 is 10.1 Å². The molecule has 6 heteroatoms. The molecule has 0 spiro atoms. The second-order valence-corrected chi connectivity index (χ2v) is 5.04. The van der Waals surface area contributed by atoms with E-state index >= 15 is 0 Å². The number of anilines is 1. The fraction of sp³-hybridized carbons (Fsp3) is 0. The van der Waals surface area contributed by atoms with Crippen molar-refractivity contribution in [2.75, 3.05) is 5.73 Å². The van der Waals surface area contributed by atoms with Crippen molar-refractivity contribution >= 4 is 15.8 Å². The SMILES string of the molecule is Nc1ccc(Oc2cccc(S(=O)(=O)O)c2)cc1. The van der Waals surface area contributed by atoms with E-state index in [2.05, 4.69) is 0 Å². The van der Waals surface area contributed by atoms with Gasteiger partial charge in [-0.15, -0.1) is 0 Å². The number of hydrogen-bond donors (Lipinski definition) is 2. The summed E-state index contributed by atoms with van der Waals surface area (Å²) in [7, 11) is -4.22. The van der Waals surface area contributed by atoms with Crippen LogP contribution < -0.4 is 10.5 Å². The minimum Gasteiger partial charge on any atom is -0.457 e. The van der Waals surface area contributed by atoms with Gasteiger partial charge in [0, 0.05) is 11.8 Å². The molecule has 0 aliphatic carbocycles. The Balaban J connectivity index is 2.27. The summed E-state index contributed by atoms with van der Waals surface area (Å²) in [4.78, 5) is -0.213. The van der Waals surface area contributed by atoms with Crippen molar-refractivity contribution in [3.8, 4) is 11.5 Å². The lowest BCUT2D eigenvalue weighted by molar-refractivity contribution is 0.472. The lowest BCUT2D eigenvalue weighted by Crippen LogP contribution is -1.97. The van der Waals surface area contributed by atoms with Crippen LogP contribution in [0.15, 0.2) is 53.4 Å². The lowest BCUT2D eigenvalue weighted by Gasteiger charge is -2.06. The van der Waals surface area contributed by atoms with Crippen molar-refractivity contribution < 1.29 is 17.7 Å². The van der Waals surface area contributed by atoms with Crippen LogP contribution in [0.5, 0.6) is 11.5 Å². The molecule has 94 valence electrons. The summed E-state index contributed by atoms with van der Waals surface area (Å²) in [6.07, 6.45) is 0. The van der Waals surface area contributed by atoms with Gasteiger partial charge in [-0.2, -0.15) is 8.42 Å². The molecule has 2 aromatic rings. The van der Waals surface area contributed by atoms with Crippen LogP contribution in [-0.2, 0) is 10.1 Å². The molecule has 0 saturated carbocycles. The fourth-order valence-electron chi connectivity index (χ4n) is 1.37. The van der Waals surface area contributed by atoms with Crippen LogP contribution in [0, 0.1) is 0 Å². The van der Waals surface area contributed by atoms with Crippen molar-refractivity contribution in [1.29, 1.82) is 0 Å². The molecule has 5 nitrogen and oxygen atoms in total. The Hall–Kier alpha value is -2.05. The average molecular weight is 265 g/mol. The Labute approximate surface area is 105 Å². The summed E-state index contributed by atoms with van der Waals surface area (Å²) < 4.78 is 36.3. The lowest BCUT2D eigenvalue weighted by atomic mass is 10.3. The highest BCUT2D eigenvalue weighted by molar-refractivity contribution is 7.85. The van der Waals surface area contributed by atoms with Crippen molar-refractivity contribution in [3.63, 3.8) is 0 Å². The third-order valence-electron chi connectivity index (χ3n) is 2.22. The summed E-state index contributed by atoms with van der Waals surface area (Å²) in [5.74, 6) is 0.839. The molecule has 2 aromatic carbocycles. The van der Waals surface area contributed by atoms with Gasteiger partial charge in [0.25, 0.3) is 10.1 Å². The second-order valence-electron chi connectivity index (χ2n) is 3.62. The molecule has 0 aliphatic rings. The number of ether oxygens (including phenoxy) is 1. The van der Waals surface area contributed by atoms with Crippen molar-refractivity contribution in [2.24, 2.45) is 0 Å². The summed E-state index contributed by atoms with van der Waals surface area (Å²) >= 11 is 0. The van der Waals surface area contributed by atoms with Crippen LogP contribution in [0.25, 0.3) is 0 Å². The Bertz CT molecular complexity index is 650. The third kappa shape index (κ3) is 2.99. The molecule has 0 bridgehead atoms. The first-order valence-electron chi connectivity index (χ1n) is 5.06. The first-order chi connectivity index (χ1) is 8.45. The zero-order valence-electron chi connectivity index (χ0n) is 9.28. The van der Waals surface area contributed by atoms with Gasteiger partial charge in [-0.1, -0.05) is 6.07 Å². The molecule has 3 N–H and O–H groups in total. The molecule has 0 atom stereocenters. The summed E-state index contributed by atoms with van der Waals surface area (Å²) in [5.41, 5.74) is 6.14. The van der Waals surface area contributed by atoms with Crippen molar-refractivity contribution in [1.82, 2.24) is 0 Å². The van der Waals surface area contributed by atoms with Crippen LogP contribution in [0.2, 0.25) is 0 Å². The molecule has 0 amide bonds. The van der Waals surface area contributed by atoms with Crippen LogP contribution >= 0.6 is 0 Å². The summed E-state index contributed by atoms with van der Waals surface area (Å²) in [6, 6.07) is 12.3. The summed E-state index contributed by atoms with van der Waals surface area (Å²) in [6.45, 7) is 0. The van der Waals surface area contributed by atoms with Crippen LogP contribution in [0.1, 0.15) is 0 Å². The molecule has 18 heavy (non-hydrogen) atoms. The van der Waals surface area contributed by atoms with E-state index in [0.717, 1.165) is 0 Å². The topological polar surface area (TPSA) is 89.6 Å². The van der Waals surface area contributed by atoms with Gasteiger partial charge in [0.15, 0.2) is 0 Å². The number of nitrogens with two attached hydrogens (primary N) is 1. The van der Waals surface area contributed by atoms with Crippen LogP contribution in [-0.4, -0.2) is 13.0 Å². The first kappa shape index (κ1) is 12.4. The second kappa shape index (κ2) is 4.67. The molecular weight excluding hydrogens is 254 g/mol. The number of hydrogen-bond acceptors (Lipinski definition) is 4. The predicted molar refractivity (Wildman–Crippen MR) is 67.2 cm³/mol. The van der Waals surface area contributed by atoms with Gasteiger partial charge in [-0.25, -0.2) is 0 Å². The third-order valence-corrected chi connectivity index (χ3v) is 3.07. The van der Waals surface area contributed by atoms with E-state index in [1.54, 1.807) is 30.3 Å². The normalized spacial score (nSPS) is 11.2. The van der Waals surface area contributed by atoms with E-state index in [-0.39, 0.29) is 4.90 Å². The highest BCUT2D eigenvalue weighted by atomic mass is 32.2. The van der Waals surface area contributed by atoms with Gasteiger partial charge in [0.1, 0.15) is 11.5 Å². The molecule has 0 saturated heterocycles. The molecule has 0 fully saturated rings. The van der Waals surface area contributed by atoms with Gasteiger partial charge in [0.2, 0.25) is 0 Å². The van der Waals surface area contributed by atoms with Crippen molar-refractivity contribution in [2.45, 2.75) is 4.90 Å². The Morgan fingerprint density at radius 3 is 2.28 bits per heavy atom. The largest absolute Gasteiger partial charge is 0.457 e. The van der Waals surface area contributed by atoms with Gasteiger partial charge >= 0.3 is 0 Å². The monoisotopic (exact) mass is 265 g/mol. The van der Waals surface area contributed by atoms with Gasteiger partial charge < -0.3 is 10.5 Å². The van der Waals surface area contributed by atoms with Crippen molar-refractivity contribution in [3.05, 3.63) is 48.5 Å². The van der Waals surface area contributed by atoms with E-state index in [1.165, 1.54) is 18.2 Å². The zero-order valence-corrected chi connectivity index (χ0v) is 10.1. The highest BCUT2D eigenvalue weighted by Crippen LogP contribution is 2.24. The first-order valence-corrected chi connectivity index (χ1v) is 6.50. The smallest absolute Gasteiger partial charge is 0.294 e. The maximum absolute atomic E-state index is 11.0. The molecule has 0 heterocycles. The van der Waals surface area contributed by atoms with Gasteiger partial charge in [-0.05, 0) is 36.4 Å². The fourth-order valence-corrected chi connectivity index (χ4v) is 1.89. The maximum Gasteiger partial charge on any atom is 0.294 e. The minimum atomic E-state index is -4.22. The Morgan fingerprint density at radius 1 is 1.00 bits per heavy atom. The zero-order chi connectivity index (χ0) is 13.2. The van der Waals surface area contributed by atoms with E-state index in [4.69, 9.17) is 15.0 Å². The molecule has 0 aliphatic heterocycles.